The van der Waals surface area contributed by atoms with Gasteiger partial charge in [0.1, 0.15) is 0 Å². The van der Waals surface area contributed by atoms with E-state index in [1.165, 1.54) is 6.07 Å². The second-order valence-corrected chi connectivity index (χ2v) is 4.81. The van der Waals surface area contributed by atoms with Crippen LogP contribution in [0.3, 0.4) is 0 Å². The van der Waals surface area contributed by atoms with Gasteiger partial charge in [0.25, 0.3) is 0 Å². The molecule has 1 aliphatic carbocycles. The molecule has 103 valence electrons. The summed E-state index contributed by atoms with van der Waals surface area (Å²) in [4.78, 5) is 11.9. The lowest BCUT2D eigenvalue weighted by molar-refractivity contribution is -0.137. The number of carbonyl (C=O) groups excluding carboxylic acids is 1. The second-order valence-electron chi connectivity index (χ2n) is 4.81. The van der Waals surface area contributed by atoms with Gasteiger partial charge in [-0.2, -0.15) is 13.2 Å². The SMILES string of the molecule is O=C(Nc1[c]ccc(C(F)(F)F)c1)C1CCCCC1. The monoisotopic (exact) mass is 270 g/mol. The molecule has 1 aromatic rings. The summed E-state index contributed by atoms with van der Waals surface area (Å²) < 4.78 is 37.6. The van der Waals surface area contributed by atoms with E-state index in [4.69, 9.17) is 0 Å². The van der Waals surface area contributed by atoms with Crippen molar-refractivity contribution in [3.05, 3.63) is 29.8 Å². The van der Waals surface area contributed by atoms with E-state index in [0.29, 0.717) is 0 Å². The van der Waals surface area contributed by atoms with Gasteiger partial charge in [0, 0.05) is 17.7 Å². The summed E-state index contributed by atoms with van der Waals surface area (Å²) in [5.74, 6) is -0.285. The van der Waals surface area contributed by atoms with Crippen LogP contribution in [0.25, 0.3) is 0 Å². The zero-order valence-corrected chi connectivity index (χ0v) is 10.4. The Bertz CT molecular complexity index is 450. The lowest BCUT2D eigenvalue weighted by Gasteiger charge is -2.20. The molecule has 0 aliphatic heterocycles. The van der Waals surface area contributed by atoms with Crippen molar-refractivity contribution in [2.45, 2.75) is 38.3 Å². The van der Waals surface area contributed by atoms with Gasteiger partial charge in [-0.15, -0.1) is 0 Å². The number of anilines is 1. The van der Waals surface area contributed by atoms with Crippen molar-refractivity contribution < 1.29 is 18.0 Å². The first-order valence-electron chi connectivity index (χ1n) is 6.36. The first-order chi connectivity index (χ1) is 8.97. The van der Waals surface area contributed by atoms with Crippen LogP contribution in [-0.4, -0.2) is 5.91 Å². The molecule has 2 nitrogen and oxygen atoms in total. The molecule has 0 aromatic heterocycles. The van der Waals surface area contributed by atoms with Crippen molar-refractivity contribution >= 4 is 11.6 Å². The van der Waals surface area contributed by atoms with Gasteiger partial charge in [0.2, 0.25) is 5.91 Å². The zero-order chi connectivity index (χ0) is 13.9. The predicted octanol–water partition coefficient (Wildman–Crippen LogP) is 4.02. The Kier molecular flexibility index (Phi) is 4.12. The maximum absolute atomic E-state index is 12.5. The molecular formula is C14H15F3NO. The maximum atomic E-state index is 12.5. The number of amides is 1. The van der Waals surface area contributed by atoms with Crippen LogP contribution in [0.15, 0.2) is 18.2 Å². The fraction of sp³-hybridized carbons (Fsp3) is 0.500. The molecule has 2 rings (SSSR count). The van der Waals surface area contributed by atoms with Crippen molar-refractivity contribution in [1.29, 1.82) is 0 Å². The van der Waals surface area contributed by atoms with E-state index in [9.17, 15) is 18.0 Å². The van der Waals surface area contributed by atoms with Crippen LogP contribution >= 0.6 is 0 Å². The van der Waals surface area contributed by atoms with E-state index >= 15 is 0 Å². The number of halogens is 3. The molecule has 1 aromatic carbocycles. The smallest absolute Gasteiger partial charge is 0.325 e. The predicted molar refractivity (Wildman–Crippen MR) is 65.5 cm³/mol. The van der Waals surface area contributed by atoms with Gasteiger partial charge < -0.3 is 5.32 Å². The molecule has 0 unspecified atom stereocenters. The zero-order valence-electron chi connectivity index (χ0n) is 10.4. The van der Waals surface area contributed by atoms with Crippen molar-refractivity contribution in [2.75, 3.05) is 5.32 Å². The summed E-state index contributed by atoms with van der Waals surface area (Å²) in [6.07, 6.45) is 0.350. The third-order valence-corrected chi connectivity index (χ3v) is 3.36. The number of carbonyl (C=O) groups is 1. The molecule has 0 spiro atoms. The Morgan fingerprint density at radius 3 is 2.58 bits per heavy atom. The fourth-order valence-electron chi connectivity index (χ4n) is 2.31. The fourth-order valence-corrected chi connectivity index (χ4v) is 2.31. The number of hydrogen-bond acceptors (Lipinski definition) is 1. The van der Waals surface area contributed by atoms with Gasteiger partial charge in [0.15, 0.2) is 0 Å². The average molecular weight is 270 g/mol. The summed E-state index contributed by atoms with van der Waals surface area (Å²) >= 11 is 0. The van der Waals surface area contributed by atoms with Crippen molar-refractivity contribution in [2.24, 2.45) is 5.92 Å². The Morgan fingerprint density at radius 2 is 1.95 bits per heavy atom. The molecule has 1 fully saturated rings. The van der Waals surface area contributed by atoms with E-state index in [1.54, 1.807) is 0 Å². The van der Waals surface area contributed by atoms with Crippen LogP contribution in [-0.2, 0) is 11.0 Å². The van der Waals surface area contributed by atoms with E-state index in [1.807, 2.05) is 0 Å². The molecule has 0 bridgehead atoms. The lowest BCUT2D eigenvalue weighted by Crippen LogP contribution is -2.24. The summed E-state index contributed by atoms with van der Waals surface area (Å²) in [5, 5.41) is 2.53. The summed E-state index contributed by atoms with van der Waals surface area (Å²) in [6, 6.07) is 5.66. The number of benzene rings is 1. The minimum Gasteiger partial charge on any atom is -0.325 e. The minimum atomic E-state index is -4.40. The van der Waals surface area contributed by atoms with Crippen molar-refractivity contribution in [1.82, 2.24) is 0 Å². The standard InChI is InChI=1S/C14H15F3NO/c15-14(16,17)11-7-4-8-12(9-11)18-13(19)10-5-2-1-3-6-10/h4,7,9-10H,1-3,5-6H2,(H,18,19). The van der Waals surface area contributed by atoms with Gasteiger partial charge in [-0.25, -0.2) is 0 Å². The second kappa shape index (κ2) is 5.63. The van der Waals surface area contributed by atoms with Crippen LogP contribution in [0.5, 0.6) is 0 Å². The number of alkyl halides is 3. The molecule has 0 atom stereocenters. The van der Waals surface area contributed by atoms with Gasteiger partial charge in [-0.1, -0.05) is 25.3 Å². The van der Waals surface area contributed by atoms with Crippen LogP contribution in [0.2, 0.25) is 0 Å². The molecule has 0 saturated heterocycles. The molecule has 1 amide bonds. The Hall–Kier alpha value is -1.52. The summed E-state index contributed by atoms with van der Waals surface area (Å²) in [6.45, 7) is 0. The van der Waals surface area contributed by atoms with E-state index < -0.39 is 11.7 Å². The molecule has 5 heteroatoms. The van der Waals surface area contributed by atoms with Crippen molar-refractivity contribution in [3.8, 4) is 0 Å². The molecular weight excluding hydrogens is 255 g/mol. The van der Waals surface area contributed by atoms with Gasteiger partial charge >= 0.3 is 6.18 Å². The number of hydrogen-bond donors (Lipinski definition) is 1. The van der Waals surface area contributed by atoms with E-state index in [2.05, 4.69) is 11.4 Å². The maximum Gasteiger partial charge on any atom is 0.416 e. The number of rotatable bonds is 2. The van der Waals surface area contributed by atoms with E-state index in [0.717, 1.165) is 44.2 Å². The van der Waals surface area contributed by atoms with Gasteiger partial charge in [-0.3, -0.25) is 4.79 Å². The molecule has 19 heavy (non-hydrogen) atoms. The van der Waals surface area contributed by atoms with Crippen LogP contribution in [0.1, 0.15) is 37.7 Å². The topological polar surface area (TPSA) is 29.1 Å². The van der Waals surface area contributed by atoms with Crippen molar-refractivity contribution in [3.63, 3.8) is 0 Å². The minimum absolute atomic E-state index is 0.0864. The quantitative estimate of drug-likeness (QED) is 0.863. The van der Waals surface area contributed by atoms with E-state index in [-0.39, 0.29) is 17.5 Å². The molecule has 1 saturated carbocycles. The Morgan fingerprint density at radius 1 is 1.26 bits per heavy atom. The molecule has 1 radical (unpaired) electrons. The molecule has 1 aliphatic rings. The normalized spacial score (nSPS) is 17.2. The first kappa shape index (κ1) is 13.9. The summed E-state index contributed by atoms with van der Waals surface area (Å²) in [5.41, 5.74) is -0.685. The third kappa shape index (κ3) is 3.72. The van der Waals surface area contributed by atoms with Crippen LogP contribution < -0.4 is 5.32 Å². The highest BCUT2D eigenvalue weighted by molar-refractivity contribution is 5.92. The largest absolute Gasteiger partial charge is 0.416 e. The van der Waals surface area contributed by atoms with Gasteiger partial charge in [-0.05, 0) is 25.0 Å². The summed E-state index contributed by atoms with van der Waals surface area (Å²) in [7, 11) is 0. The molecule has 1 N–H and O–H groups in total. The van der Waals surface area contributed by atoms with Crippen LogP contribution in [0.4, 0.5) is 18.9 Å². The lowest BCUT2D eigenvalue weighted by atomic mass is 9.88. The Labute approximate surface area is 110 Å². The average Bonchev–Trinajstić information content (AvgIpc) is 2.39. The highest BCUT2D eigenvalue weighted by atomic mass is 19.4. The third-order valence-electron chi connectivity index (χ3n) is 3.36. The highest BCUT2D eigenvalue weighted by Gasteiger charge is 2.30. The van der Waals surface area contributed by atoms with Crippen LogP contribution in [0, 0.1) is 12.0 Å². The number of nitrogens with one attached hydrogen (secondary N) is 1. The molecule has 0 heterocycles. The first-order valence-corrected chi connectivity index (χ1v) is 6.36. The highest BCUT2D eigenvalue weighted by Crippen LogP contribution is 2.31. The van der Waals surface area contributed by atoms with Gasteiger partial charge in [0.05, 0.1) is 5.56 Å². The Balaban J connectivity index is 2.04.